The summed E-state index contributed by atoms with van der Waals surface area (Å²) in [6, 6.07) is -0.373. The van der Waals surface area contributed by atoms with Crippen LogP contribution < -0.4 is 0 Å². The molecule has 0 unspecified atom stereocenters. The largest absolute Gasteiger partial charge is 0.394 e. The first-order valence-electron chi connectivity index (χ1n) is 11.3. The van der Waals surface area contributed by atoms with Crippen LogP contribution in [0.3, 0.4) is 0 Å². The number of rotatable bonds is 6. The Kier molecular flexibility index (Phi) is 8.44. The molecule has 0 radical (unpaired) electrons. The highest BCUT2D eigenvalue weighted by Gasteiger charge is 2.33. The van der Waals surface area contributed by atoms with E-state index in [0.29, 0.717) is 37.3 Å². The molecule has 3 rings (SSSR count). The third-order valence-electron chi connectivity index (χ3n) is 6.12. The summed E-state index contributed by atoms with van der Waals surface area (Å²) in [5.41, 5.74) is 0.915. The number of ether oxygens (including phenoxy) is 1. The molecule has 0 aromatic carbocycles. The lowest BCUT2D eigenvalue weighted by atomic mass is 10.0. The maximum Gasteiger partial charge on any atom is 0.248 e. The van der Waals surface area contributed by atoms with Gasteiger partial charge in [-0.1, -0.05) is 17.3 Å². The van der Waals surface area contributed by atoms with E-state index in [0.717, 1.165) is 0 Å². The second-order valence-corrected chi connectivity index (χ2v) is 10.9. The number of fused-ring (bicyclic) bond motifs is 2. The molecule has 13 heteroatoms. The molecule has 3 atom stereocenters. The standard InChI is InChI=1S/C21H34N6O6S/c1-14-9-27(15(2)12-28)20(29)7-6-8-26-10-18(22-24-26)13-32-19(14)11-25(5)34(30,31)21-16(3)23-33-17(21)4/h10,14-15,19,28H,6-9,11-13H2,1-5H3/t14-,15+,19+/m0/s1. The Labute approximate surface area is 199 Å². The first-order chi connectivity index (χ1) is 16.0. The molecule has 1 N–H and O–H groups in total. The van der Waals surface area contributed by atoms with E-state index < -0.39 is 16.1 Å². The van der Waals surface area contributed by atoms with Crippen molar-refractivity contribution < 1.29 is 27.6 Å². The highest BCUT2D eigenvalue weighted by Crippen LogP contribution is 2.24. The molecule has 0 saturated heterocycles. The van der Waals surface area contributed by atoms with Gasteiger partial charge in [0.2, 0.25) is 15.9 Å². The fourth-order valence-corrected chi connectivity index (χ4v) is 5.51. The van der Waals surface area contributed by atoms with Gasteiger partial charge in [-0.2, -0.15) is 4.31 Å². The van der Waals surface area contributed by atoms with Crippen LogP contribution in [0.1, 0.15) is 43.8 Å². The quantitative estimate of drug-likeness (QED) is 0.609. The monoisotopic (exact) mass is 498 g/mol. The summed E-state index contributed by atoms with van der Waals surface area (Å²) >= 11 is 0. The van der Waals surface area contributed by atoms with Crippen LogP contribution in [0.2, 0.25) is 0 Å². The number of aliphatic hydroxyl groups is 1. The van der Waals surface area contributed by atoms with Crippen LogP contribution in [0.4, 0.5) is 0 Å². The van der Waals surface area contributed by atoms with Crippen molar-refractivity contribution in [2.75, 3.05) is 26.7 Å². The van der Waals surface area contributed by atoms with E-state index >= 15 is 0 Å². The van der Waals surface area contributed by atoms with Crippen molar-refractivity contribution in [3.05, 3.63) is 23.3 Å². The van der Waals surface area contributed by atoms with Gasteiger partial charge < -0.3 is 19.3 Å². The van der Waals surface area contributed by atoms with E-state index in [1.165, 1.54) is 11.4 Å². The second-order valence-electron chi connectivity index (χ2n) is 8.92. The molecule has 190 valence electrons. The predicted molar refractivity (Wildman–Crippen MR) is 121 cm³/mol. The lowest BCUT2D eigenvalue weighted by Gasteiger charge is -2.35. The average molecular weight is 499 g/mol. The molecule has 12 nitrogen and oxygen atoms in total. The minimum absolute atomic E-state index is 0.0389. The van der Waals surface area contributed by atoms with Gasteiger partial charge in [-0.25, -0.2) is 8.42 Å². The van der Waals surface area contributed by atoms with E-state index in [1.54, 1.807) is 36.5 Å². The van der Waals surface area contributed by atoms with Crippen molar-refractivity contribution >= 4 is 15.9 Å². The van der Waals surface area contributed by atoms with E-state index in [2.05, 4.69) is 15.5 Å². The predicted octanol–water partition coefficient (Wildman–Crippen LogP) is 0.728. The Balaban J connectivity index is 1.88. The first-order valence-corrected chi connectivity index (χ1v) is 12.8. The van der Waals surface area contributed by atoms with Gasteiger partial charge in [-0.05, 0) is 27.2 Å². The van der Waals surface area contributed by atoms with Crippen LogP contribution in [0.15, 0.2) is 15.6 Å². The zero-order valence-corrected chi connectivity index (χ0v) is 21.2. The van der Waals surface area contributed by atoms with Crippen LogP contribution in [0, 0.1) is 19.8 Å². The minimum atomic E-state index is -3.88. The molecule has 2 bridgehead atoms. The number of aryl methyl sites for hydroxylation is 3. The summed E-state index contributed by atoms with van der Waals surface area (Å²) in [5, 5.41) is 21.7. The van der Waals surface area contributed by atoms with Gasteiger partial charge in [0.15, 0.2) is 5.76 Å². The smallest absolute Gasteiger partial charge is 0.248 e. The third-order valence-corrected chi connectivity index (χ3v) is 8.19. The molecule has 0 aliphatic carbocycles. The molecule has 1 amide bonds. The zero-order valence-electron chi connectivity index (χ0n) is 20.3. The molecular formula is C21H34N6O6S. The number of likely N-dealkylation sites (N-methyl/N-ethyl adjacent to an activating group) is 1. The number of amides is 1. The molecule has 1 aliphatic heterocycles. The summed E-state index contributed by atoms with van der Waals surface area (Å²) in [6.07, 6.45) is 2.10. The molecule has 34 heavy (non-hydrogen) atoms. The number of hydrogen-bond acceptors (Lipinski definition) is 9. The Morgan fingerprint density at radius 1 is 1.35 bits per heavy atom. The van der Waals surface area contributed by atoms with Crippen molar-refractivity contribution in [3.63, 3.8) is 0 Å². The SMILES string of the molecule is Cc1noc(C)c1S(=O)(=O)N(C)C[C@H]1OCc2cn(nn2)CCCC(=O)N([C@H](C)CO)C[C@@H]1C. The van der Waals surface area contributed by atoms with Gasteiger partial charge >= 0.3 is 0 Å². The lowest BCUT2D eigenvalue weighted by molar-refractivity contribution is -0.136. The van der Waals surface area contributed by atoms with Crippen LogP contribution in [0.5, 0.6) is 0 Å². The van der Waals surface area contributed by atoms with E-state index in [1.807, 2.05) is 6.92 Å². The van der Waals surface area contributed by atoms with Gasteiger partial charge in [-0.3, -0.25) is 9.48 Å². The minimum Gasteiger partial charge on any atom is -0.394 e. The van der Waals surface area contributed by atoms with Gasteiger partial charge in [0.05, 0.1) is 31.6 Å². The summed E-state index contributed by atoms with van der Waals surface area (Å²) in [7, 11) is -2.40. The number of hydrogen-bond donors (Lipinski definition) is 1. The van der Waals surface area contributed by atoms with Gasteiger partial charge in [0, 0.05) is 39.0 Å². The molecular weight excluding hydrogens is 464 g/mol. The topological polar surface area (TPSA) is 144 Å². The summed E-state index contributed by atoms with van der Waals surface area (Å²) in [4.78, 5) is 14.6. The Morgan fingerprint density at radius 3 is 2.74 bits per heavy atom. The molecule has 2 aromatic heterocycles. The molecule has 2 aromatic rings. The van der Waals surface area contributed by atoms with E-state index in [4.69, 9.17) is 9.26 Å². The normalized spacial score (nSPS) is 21.7. The van der Waals surface area contributed by atoms with E-state index in [-0.39, 0.29) is 48.3 Å². The highest BCUT2D eigenvalue weighted by molar-refractivity contribution is 7.89. The Bertz CT molecular complexity index is 1060. The summed E-state index contributed by atoms with van der Waals surface area (Å²) < 4.78 is 40.6. The Morgan fingerprint density at radius 2 is 2.09 bits per heavy atom. The fourth-order valence-electron chi connectivity index (χ4n) is 4.04. The molecule has 0 spiro atoms. The molecule has 0 fully saturated rings. The third kappa shape index (κ3) is 5.82. The highest BCUT2D eigenvalue weighted by atomic mass is 32.2. The number of carbonyl (C=O) groups is 1. The number of sulfonamides is 1. The maximum atomic E-state index is 13.3. The van der Waals surface area contributed by atoms with Crippen molar-refractivity contribution in [3.8, 4) is 0 Å². The number of carbonyl (C=O) groups excluding carboxylic acids is 1. The number of aliphatic hydroxyl groups excluding tert-OH is 1. The zero-order chi connectivity index (χ0) is 25.0. The van der Waals surface area contributed by atoms with Crippen LogP contribution in [-0.2, 0) is 32.7 Å². The van der Waals surface area contributed by atoms with Crippen molar-refractivity contribution in [1.29, 1.82) is 0 Å². The Hall–Kier alpha value is -2.35. The first kappa shape index (κ1) is 26.3. The molecule has 3 heterocycles. The number of aromatic nitrogens is 4. The van der Waals surface area contributed by atoms with Crippen molar-refractivity contribution in [2.24, 2.45) is 5.92 Å². The van der Waals surface area contributed by atoms with Crippen LogP contribution in [0.25, 0.3) is 0 Å². The lowest BCUT2D eigenvalue weighted by Crippen LogP contribution is -2.47. The van der Waals surface area contributed by atoms with Crippen molar-refractivity contribution in [2.45, 2.75) is 70.7 Å². The van der Waals surface area contributed by atoms with Gasteiger partial charge in [0.1, 0.15) is 16.3 Å². The van der Waals surface area contributed by atoms with Crippen molar-refractivity contribution in [1.82, 2.24) is 29.4 Å². The summed E-state index contributed by atoms with van der Waals surface area (Å²) in [5.74, 6) is -0.0992. The fraction of sp³-hybridized carbons (Fsp3) is 0.714. The van der Waals surface area contributed by atoms with Crippen LogP contribution >= 0.6 is 0 Å². The number of nitrogens with zero attached hydrogens (tertiary/aromatic N) is 6. The molecule has 1 aliphatic rings. The second kappa shape index (κ2) is 10.9. The molecule has 0 saturated carbocycles. The van der Waals surface area contributed by atoms with E-state index in [9.17, 15) is 18.3 Å². The average Bonchev–Trinajstić information content (AvgIpc) is 3.39. The van der Waals surface area contributed by atoms with Gasteiger partial charge in [0.25, 0.3) is 0 Å². The maximum absolute atomic E-state index is 13.3. The van der Waals surface area contributed by atoms with Gasteiger partial charge in [-0.15, -0.1) is 5.10 Å². The summed E-state index contributed by atoms with van der Waals surface area (Å²) in [6.45, 7) is 7.70. The van der Waals surface area contributed by atoms with Crippen LogP contribution in [-0.4, -0.2) is 87.7 Å².